The van der Waals surface area contributed by atoms with Gasteiger partial charge in [0.05, 0.1) is 11.4 Å². The number of carbonyl (C=O) groups is 1. The van der Waals surface area contributed by atoms with Crippen molar-refractivity contribution in [3.05, 3.63) is 22.7 Å². The number of rotatable bonds is 5. The van der Waals surface area contributed by atoms with E-state index < -0.39 is 0 Å². The predicted molar refractivity (Wildman–Crippen MR) is 70.4 cm³/mol. The first-order chi connectivity index (χ1) is 8.04. The van der Waals surface area contributed by atoms with Crippen LogP contribution < -0.4 is 11.1 Å². The Balaban J connectivity index is 2.61. The molecule has 0 aliphatic heterocycles. The number of nitrogen functional groups attached to an aromatic ring is 1. The molecule has 3 N–H and O–H groups in total. The fourth-order valence-corrected chi connectivity index (χ4v) is 1.74. The van der Waals surface area contributed by atoms with Gasteiger partial charge in [-0.05, 0) is 24.1 Å². The highest BCUT2D eigenvalue weighted by Gasteiger charge is 2.05. The minimum absolute atomic E-state index is 0.287. The largest absolute Gasteiger partial charge is 0.464 e. The van der Waals surface area contributed by atoms with Gasteiger partial charge in [-0.25, -0.2) is 0 Å². The number of hydrogen-bond donors (Lipinski definition) is 2. The molecule has 5 heteroatoms. The predicted octanol–water partition coefficient (Wildman–Crippen LogP) is 2.46. The molecule has 0 unspecified atom stereocenters. The number of hydrogen-bond acceptors (Lipinski definition) is 4. The molecule has 94 valence electrons. The Morgan fingerprint density at radius 3 is 2.82 bits per heavy atom. The molecule has 0 heterocycles. The van der Waals surface area contributed by atoms with E-state index in [1.54, 1.807) is 6.07 Å². The Labute approximate surface area is 106 Å². The Morgan fingerprint density at radius 1 is 1.53 bits per heavy atom. The van der Waals surface area contributed by atoms with Gasteiger partial charge in [0.15, 0.2) is 0 Å². The fourth-order valence-electron chi connectivity index (χ4n) is 1.44. The summed E-state index contributed by atoms with van der Waals surface area (Å²) in [6.07, 6.45) is 0.845. The Hall–Kier alpha value is -1.42. The summed E-state index contributed by atoms with van der Waals surface area (Å²) in [5.41, 5.74) is 8.28. The summed E-state index contributed by atoms with van der Waals surface area (Å²) in [5, 5.41) is 3.79. The van der Waals surface area contributed by atoms with Gasteiger partial charge in [-0.3, -0.25) is 4.79 Å². The minimum atomic E-state index is -0.287. The number of halogens is 1. The lowest BCUT2D eigenvalue weighted by Crippen LogP contribution is -2.13. The average Bonchev–Trinajstić information content (AvgIpc) is 2.26. The van der Waals surface area contributed by atoms with Gasteiger partial charge in [-0.1, -0.05) is 18.5 Å². The maximum Gasteiger partial charge on any atom is 0.302 e. The van der Waals surface area contributed by atoms with E-state index in [0.717, 1.165) is 17.7 Å². The van der Waals surface area contributed by atoms with Crippen LogP contribution in [0.3, 0.4) is 0 Å². The molecule has 0 aromatic heterocycles. The highest BCUT2D eigenvalue weighted by molar-refractivity contribution is 6.31. The molecule has 0 saturated heterocycles. The van der Waals surface area contributed by atoms with Crippen molar-refractivity contribution in [2.45, 2.75) is 20.3 Å². The van der Waals surface area contributed by atoms with Crippen molar-refractivity contribution in [2.24, 2.45) is 0 Å². The summed E-state index contributed by atoms with van der Waals surface area (Å²) in [4.78, 5) is 10.6. The summed E-state index contributed by atoms with van der Waals surface area (Å²) in [6, 6.07) is 3.65. The van der Waals surface area contributed by atoms with Gasteiger partial charge in [0.25, 0.3) is 0 Å². The molecule has 1 aromatic carbocycles. The Morgan fingerprint density at radius 2 is 2.24 bits per heavy atom. The Bertz CT molecular complexity index is 408. The van der Waals surface area contributed by atoms with Crippen molar-refractivity contribution in [3.8, 4) is 0 Å². The number of nitrogens with two attached hydrogens (primary N) is 1. The highest BCUT2D eigenvalue weighted by atomic mass is 35.5. The first-order valence-corrected chi connectivity index (χ1v) is 5.87. The molecular weight excluding hydrogens is 240 g/mol. The fraction of sp³-hybridized carbons (Fsp3) is 0.417. The van der Waals surface area contributed by atoms with E-state index in [1.807, 2.05) is 13.0 Å². The normalized spacial score (nSPS) is 10.1. The smallest absolute Gasteiger partial charge is 0.302 e. The number of carbonyl (C=O) groups excluding carboxylic acids is 1. The van der Waals surface area contributed by atoms with E-state index in [1.165, 1.54) is 6.92 Å². The van der Waals surface area contributed by atoms with Gasteiger partial charge in [0.2, 0.25) is 0 Å². The zero-order valence-corrected chi connectivity index (χ0v) is 10.8. The Kier molecular flexibility index (Phi) is 5.10. The van der Waals surface area contributed by atoms with E-state index >= 15 is 0 Å². The van der Waals surface area contributed by atoms with Crippen LogP contribution >= 0.6 is 11.6 Å². The highest BCUT2D eigenvalue weighted by Crippen LogP contribution is 2.27. The number of aryl methyl sites for hydroxylation is 1. The molecular formula is C12H17ClN2O2. The van der Waals surface area contributed by atoms with Crippen LogP contribution in [0.15, 0.2) is 12.1 Å². The van der Waals surface area contributed by atoms with Crippen LogP contribution in [0, 0.1) is 0 Å². The first kappa shape index (κ1) is 13.6. The van der Waals surface area contributed by atoms with Gasteiger partial charge in [0.1, 0.15) is 6.61 Å². The van der Waals surface area contributed by atoms with Crippen molar-refractivity contribution in [1.82, 2.24) is 0 Å². The number of nitrogens with one attached hydrogen (secondary N) is 1. The quantitative estimate of drug-likeness (QED) is 0.483. The minimum Gasteiger partial charge on any atom is -0.464 e. The van der Waals surface area contributed by atoms with Crippen molar-refractivity contribution < 1.29 is 9.53 Å². The van der Waals surface area contributed by atoms with Crippen LogP contribution in [0.2, 0.25) is 5.02 Å². The van der Waals surface area contributed by atoms with Crippen LogP contribution in [-0.2, 0) is 16.0 Å². The monoisotopic (exact) mass is 256 g/mol. The van der Waals surface area contributed by atoms with E-state index in [4.69, 9.17) is 22.1 Å². The molecule has 0 aliphatic carbocycles. The zero-order chi connectivity index (χ0) is 12.8. The maximum atomic E-state index is 10.6. The van der Waals surface area contributed by atoms with Crippen LogP contribution in [0.4, 0.5) is 11.4 Å². The molecule has 4 nitrogen and oxygen atoms in total. The molecule has 0 fully saturated rings. The van der Waals surface area contributed by atoms with E-state index in [0.29, 0.717) is 23.9 Å². The van der Waals surface area contributed by atoms with E-state index in [2.05, 4.69) is 5.32 Å². The molecule has 0 amide bonds. The van der Waals surface area contributed by atoms with Gasteiger partial charge < -0.3 is 15.8 Å². The van der Waals surface area contributed by atoms with Crippen LogP contribution in [0.5, 0.6) is 0 Å². The average molecular weight is 257 g/mol. The lowest BCUT2D eigenvalue weighted by atomic mass is 10.1. The molecule has 0 atom stereocenters. The summed E-state index contributed by atoms with van der Waals surface area (Å²) >= 11 is 6.03. The summed E-state index contributed by atoms with van der Waals surface area (Å²) in [5.74, 6) is -0.287. The zero-order valence-electron chi connectivity index (χ0n) is 10.0. The van der Waals surface area contributed by atoms with Crippen LogP contribution in [-0.4, -0.2) is 19.1 Å². The van der Waals surface area contributed by atoms with Crippen molar-refractivity contribution >= 4 is 28.9 Å². The van der Waals surface area contributed by atoms with Gasteiger partial charge in [0, 0.05) is 18.5 Å². The van der Waals surface area contributed by atoms with Gasteiger partial charge in [-0.2, -0.15) is 0 Å². The first-order valence-electron chi connectivity index (χ1n) is 5.49. The number of ether oxygens (including phenoxy) is 1. The third kappa shape index (κ3) is 4.15. The van der Waals surface area contributed by atoms with E-state index in [9.17, 15) is 4.79 Å². The van der Waals surface area contributed by atoms with Crippen LogP contribution in [0.1, 0.15) is 19.4 Å². The SMILES string of the molecule is CCc1cc(NCCOC(C)=O)c(N)cc1Cl. The van der Waals surface area contributed by atoms with Gasteiger partial charge >= 0.3 is 5.97 Å². The number of anilines is 2. The van der Waals surface area contributed by atoms with Crippen LogP contribution in [0.25, 0.3) is 0 Å². The summed E-state index contributed by atoms with van der Waals surface area (Å²) in [7, 11) is 0. The second-order valence-corrected chi connectivity index (χ2v) is 4.06. The summed E-state index contributed by atoms with van der Waals surface area (Å²) in [6.45, 7) is 4.25. The van der Waals surface area contributed by atoms with Crippen molar-refractivity contribution in [2.75, 3.05) is 24.2 Å². The molecule has 1 rings (SSSR count). The second kappa shape index (κ2) is 6.35. The molecule has 0 saturated carbocycles. The van der Waals surface area contributed by atoms with E-state index in [-0.39, 0.29) is 5.97 Å². The molecule has 1 aromatic rings. The molecule has 0 radical (unpaired) electrons. The second-order valence-electron chi connectivity index (χ2n) is 3.65. The lowest BCUT2D eigenvalue weighted by Gasteiger charge is -2.12. The third-order valence-corrected chi connectivity index (χ3v) is 2.67. The molecule has 0 spiro atoms. The summed E-state index contributed by atoms with van der Waals surface area (Å²) < 4.78 is 4.82. The van der Waals surface area contributed by atoms with Crippen molar-refractivity contribution in [1.29, 1.82) is 0 Å². The van der Waals surface area contributed by atoms with Gasteiger partial charge in [-0.15, -0.1) is 0 Å². The standard InChI is InChI=1S/C12H17ClN2O2/c1-3-9-6-12(11(14)7-10(9)13)15-4-5-17-8(2)16/h6-7,15H,3-5,14H2,1-2H3. The topological polar surface area (TPSA) is 64.3 Å². The molecule has 0 aliphatic rings. The maximum absolute atomic E-state index is 10.6. The molecule has 0 bridgehead atoms. The number of benzene rings is 1. The lowest BCUT2D eigenvalue weighted by molar-refractivity contribution is -0.140. The third-order valence-electron chi connectivity index (χ3n) is 2.32. The van der Waals surface area contributed by atoms with Crippen molar-refractivity contribution in [3.63, 3.8) is 0 Å². The number of esters is 1. The molecule has 17 heavy (non-hydrogen) atoms.